The van der Waals surface area contributed by atoms with E-state index in [9.17, 15) is 9.59 Å². The number of hydrogen-bond donors (Lipinski definition) is 1. The first-order valence-corrected chi connectivity index (χ1v) is 11.8. The van der Waals surface area contributed by atoms with Crippen molar-refractivity contribution in [3.63, 3.8) is 0 Å². The third-order valence-electron chi connectivity index (χ3n) is 6.26. The van der Waals surface area contributed by atoms with E-state index >= 15 is 0 Å². The van der Waals surface area contributed by atoms with Crippen molar-refractivity contribution in [3.8, 4) is 0 Å². The number of rotatable bonds is 4. The normalized spacial score (nSPS) is 16.5. The average molecular weight is 451 g/mol. The van der Waals surface area contributed by atoms with Crippen LogP contribution in [0.5, 0.6) is 0 Å². The molecule has 33 heavy (non-hydrogen) atoms. The molecule has 0 saturated carbocycles. The highest BCUT2D eigenvalue weighted by Crippen LogP contribution is 2.26. The number of benzene rings is 1. The fourth-order valence-corrected chi connectivity index (χ4v) is 4.50. The summed E-state index contributed by atoms with van der Waals surface area (Å²) in [5.41, 5.74) is 4.10. The SMILES string of the molecule is CC(C)(C)OC(=O)N1Cc2ccc(CNC(=O)N3CCC(Cc4ccncc4)CC3)cc2C1. The summed E-state index contributed by atoms with van der Waals surface area (Å²) < 4.78 is 5.49. The topological polar surface area (TPSA) is 74.8 Å². The van der Waals surface area contributed by atoms with Crippen molar-refractivity contribution < 1.29 is 14.3 Å². The van der Waals surface area contributed by atoms with Gasteiger partial charge in [0.2, 0.25) is 0 Å². The molecule has 0 radical (unpaired) electrons. The quantitative estimate of drug-likeness (QED) is 0.744. The van der Waals surface area contributed by atoms with E-state index < -0.39 is 5.60 Å². The van der Waals surface area contributed by atoms with E-state index in [-0.39, 0.29) is 12.1 Å². The Morgan fingerprint density at radius 2 is 1.70 bits per heavy atom. The second kappa shape index (κ2) is 9.81. The van der Waals surface area contributed by atoms with Crippen molar-refractivity contribution in [2.45, 2.75) is 65.3 Å². The van der Waals surface area contributed by atoms with Crippen molar-refractivity contribution in [1.29, 1.82) is 0 Å². The second-order valence-corrected chi connectivity index (χ2v) is 10.1. The lowest BCUT2D eigenvalue weighted by Gasteiger charge is -2.32. The minimum Gasteiger partial charge on any atom is -0.444 e. The van der Waals surface area contributed by atoms with Crippen LogP contribution in [0.4, 0.5) is 9.59 Å². The Morgan fingerprint density at radius 1 is 1.00 bits per heavy atom. The highest BCUT2D eigenvalue weighted by molar-refractivity contribution is 5.74. The van der Waals surface area contributed by atoms with Gasteiger partial charge in [0, 0.05) is 45.1 Å². The van der Waals surface area contributed by atoms with Crippen LogP contribution in [-0.2, 0) is 30.8 Å². The lowest BCUT2D eigenvalue weighted by Crippen LogP contribution is -2.44. The summed E-state index contributed by atoms with van der Waals surface area (Å²) in [5.74, 6) is 0.612. The first-order chi connectivity index (χ1) is 15.8. The van der Waals surface area contributed by atoms with Crippen molar-refractivity contribution in [1.82, 2.24) is 20.1 Å². The molecule has 2 aliphatic heterocycles. The number of likely N-dealkylation sites (tertiary alicyclic amines) is 1. The Balaban J connectivity index is 1.23. The summed E-state index contributed by atoms with van der Waals surface area (Å²) in [7, 11) is 0. The largest absolute Gasteiger partial charge is 0.444 e. The Bertz CT molecular complexity index is 979. The third kappa shape index (κ3) is 6.24. The molecule has 0 atom stereocenters. The fourth-order valence-electron chi connectivity index (χ4n) is 4.50. The zero-order chi connectivity index (χ0) is 23.4. The molecule has 1 saturated heterocycles. The highest BCUT2D eigenvalue weighted by Gasteiger charge is 2.28. The molecule has 1 fully saturated rings. The van der Waals surface area contributed by atoms with Crippen molar-refractivity contribution >= 4 is 12.1 Å². The molecule has 3 heterocycles. The second-order valence-electron chi connectivity index (χ2n) is 10.1. The summed E-state index contributed by atoms with van der Waals surface area (Å²) in [6.07, 6.45) is 6.48. The number of aromatic nitrogens is 1. The number of hydrogen-bond acceptors (Lipinski definition) is 4. The average Bonchev–Trinajstić information content (AvgIpc) is 3.21. The summed E-state index contributed by atoms with van der Waals surface area (Å²) >= 11 is 0. The van der Waals surface area contributed by atoms with Gasteiger partial charge < -0.3 is 15.0 Å². The van der Waals surface area contributed by atoms with Crippen LogP contribution < -0.4 is 5.32 Å². The Kier molecular flexibility index (Phi) is 6.86. The van der Waals surface area contributed by atoms with E-state index in [1.54, 1.807) is 4.90 Å². The van der Waals surface area contributed by atoms with Crippen LogP contribution in [0.1, 0.15) is 55.9 Å². The maximum Gasteiger partial charge on any atom is 0.410 e. The van der Waals surface area contributed by atoms with Gasteiger partial charge in [-0.15, -0.1) is 0 Å². The van der Waals surface area contributed by atoms with Gasteiger partial charge in [0.15, 0.2) is 0 Å². The van der Waals surface area contributed by atoms with E-state index in [0.29, 0.717) is 25.6 Å². The lowest BCUT2D eigenvalue weighted by molar-refractivity contribution is 0.0242. The standard InChI is InChI=1S/C26H34N4O3/c1-26(2,3)33-25(32)30-17-22-5-4-21(15-23(22)18-30)16-28-24(31)29-12-8-20(9-13-29)14-19-6-10-27-11-7-19/h4-7,10-11,15,20H,8-9,12-14,16-18H2,1-3H3,(H,28,31). The predicted octanol–water partition coefficient (Wildman–Crippen LogP) is 4.50. The minimum atomic E-state index is -0.505. The summed E-state index contributed by atoms with van der Waals surface area (Å²) in [5, 5.41) is 3.06. The molecule has 1 aromatic heterocycles. The molecule has 0 bridgehead atoms. The van der Waals surface area contributed by atoms with Gasteiger partial charge >= 0.3 is 12.1 Å². The number of ether oxygens (including phenoxy) is 1. The third-order valence-corrected chi connectivity index (χ3v) is 6.26. The first kappa shape index (κ1) is 23.1. The molecule has 7 nitrogen and oxygen atoms in total. The van der Waals surface area contributed by atoms with Gasteiger partial charge in [-0.1, -0.05) is 18.2 Å². The molecule has 0 aliphatic carbocycles. The van der Waals surface area contributed by atoms with E-state index in [1.807, 2.05) is 50.2 Å². The maximum absolute atomic E-state index is 12.7. The van der Waals surface area contributed by atoms with Crippen LogP contribution in [0.3, 0.4) is 0 Å². The zero-order valence-corrected chi connectivity index (χ0v) is 19.8. The van der Waals surface area contributed by atoms with Gasteiger partial charge in [-0.2, -0.15) is 0 Å². The van der Waals surface area contributed by atoms with E-state index in [4.69, 9.17) is 4.74 Å². The molecule has 4 rings (SSSR count). The number of fused-ring (bicyclic) bond motifs is 1. The van der Waals surface area contributed by atoms with Crippen LogP contribution in [0.25, 0.3) is 0 Å². The fraction of sp³-hybridized carbons (Fsp3) is 0.500. The Hall–Kier alpha value is -3.09. The molecule has 1 aromatic carbocycles. The van der Waals surface area contributed by atoms with Crippen LogP contribution in [-0.4, -0.2) is 45.6 Å². The van der Waals surface area contributed by atoms with Gasteiger partial charge in [0.05, 0.1) is 0 Å². The van der Waals surface area contributed by atoms with Crippen LogP contribution in [0.2, 0.25) is 0 Å². The number of nitrogens with zero attached hydrogens (tertiary/aromatic N) is 3. The van der Waals surface area contributed by atoms with Crippen LogP contribution >= 0.6 is 0 Å². The Labute approximate surface area is 196 Å². The first-order valence-electron chi connectivity index (χ1n) is 11.8. The molecule has 2 aliphatic rings. The van der Waals surface area contributed by atoms with E-state index in [2.05, 4.69) is 28.5 Å². The van der Waals surface area contributed by atoms with Crippen molar-refractivity contribution in [2.75, 3.05) is 13.1 Å². The Morgan fingerprint density at radius 3 is 2.39 bits per heavy atom. The summed E-state index contributed by atoms with van der Waals surface area (Å²) in [6, 6.07) is 10.3. The number of nitrogens with one attached hydrogen (secondary N) is 1. The zero-order valence-electron chi connectivity index (χ0n) is 19.8. The van der Waals surface area contributed by atoms with Gasteiger partial charge in [-0.05, 0) is 80.3 Å². The van der Waals surface area contributed by atoms with Gasteiger partial charge in [-0.3, -0.25) is 9.88 Å². The minimum absolute atomic E-state index is 0.00626. The number of carbonyl (C=O) groups is 2. The molecular formula is C26H34N4O3. The van der Waals surface area contributed by atoms with Crippen molar-refractivity contribution in [2.24, 2.45) is 5.92 Å². The van der Waals surface area contributed by atoms with Crippen LogP contribution in [0.15, 0.2) is 42.7 Å². The highest BCUT2D eigenvalue weighted by atomic mass is 16.6. The maximum atomic E-state index is 12.7. The van der Waals surface area contributed by atoms with Gasteiger partial charge in [-0.25, -0.2) is 9.59 Å². The number of carbonyl (C=O) groups excluding carboxylic acids is 2. The molecular weight excluding hydrogens is 416 g/mol. The smallest absolute Gasteiger partial charge is 0.410 e. The van der Waals surface area contributed by atoms with Crippen molar-refractivity contribution in [3.05, 3.63) is 65.0 Å². The molecule has 2 aromatic rings. The number of piperidine rings is 1. The molecule has 3 amide bonds. The van der Waals surface area contributed by atoms with Gasteiger partial charge in [0.1, 0.15) is 5.60 Å². The molecule has 0 unspecified atom stereocenters. The molecule has 176 valence electrons. The predicted molar refractivity (Wildman–Crippen MR) is 126 cm³/mol. The van der Waals surface area contributed by atoms with Gasteiger partial charge in [0.25, 0.3) is 0 Å². The molecule has 7 heteroatoms. The molecule has 1 N–H and O–H groups in total. The number of urea groups is 1. The lowest BCUT2D eigenvalue weighted by atomic mass is 9.90. The van der Waals surface area contributed by atoms with E-state index in [0.717, 1.165) is 49.0 Å². The van der Waals surface area contributed by atoms with Crippen LogP contribution in [0, 0.1) is 5.92 Å². The monoisotopic (exact) mass is 450 g/mol. The number of amides is 3. The summed E-state index contributed by atoms with van der Waals surface area (Å²) in [6.45, 7) is 8.78. The molecule has 0 spiro atoms. The van der Waals surface area contributed by atoms with E-state index in [1.165, 1.54) is 5.56 Å². The summed E-state index contributed by atoms with van der Waals surface area (Å²) in [4.78, 5) is 32.8. The number of pyridine rings is 1.